The minimum absolute atomic E-state index is 0.0752. The van der Waals surface area contributed by atoms with Crippen molar-refractivity contribution in [3.63, 3.8) is 0 Å². The maximum absolute atomic E-state index is 13.2. The van der Waals surface area contributed by atoms with E-state index in [2.05, 4.69) is 31.2 Å². The third-order valence-corrected chi connectivity index (χ3v) is 6.76. The summed E-state index contributed by atoms with van der Waals surface area (Å²) in [7, 11) is 0. The van der Waals surface area contributed by atoms with Crippen molar-refractivity contribution < 1.29 is 13.5 Å². The zero-order valence-electron chi connectivity index (χ0n) is 17.6. The van der Waals surface area contributed by atoms with Crippen molar-refractivity contribution >= 4 is 0 Å². The van der Waals surface area contributed by atoms with E-state index in [1.807, 2.05) is 13.0 Å². The third kappa shape index (κ3) is 5.04. The highest BCUT2D eigenvalue weighted by atomic mass is 19.1. The van der Waals surface area contributed by atoms with Gasteiger partial charge in [-0.05, 0) is 61.3 Å². The van der Waals surface area contributed by atoms with Crippen molar-refractivity contribution in [3.8, 4) is 0 Å². The molecule has 4 heteroatoms. The molecule has 1 fully saturated rings. The molecule has 2 N–H and O–H groups in total. The first-order valence-electron chi connectivity index (χ1n) is 10.6. The standard InChI is InChI=1S/C25H33F2NO/c1-3-25(28)11-9-24(10-12-25,23-7-5-4-6-8-23)18-29-19(2)22-14-20(16-26)13-21(15-22)17-27/h4-8,13-15,19H,3,9-12,16-18,28H2,1-2H3/t19-,24?,25?/m1/s1. The minimum atomic E-state index is -0.600. The molecule has 0 saturated heterocycles. The van der Waals surface area contributed by atoms with Crippen molar-refractivity contribution in [1.82, 2.24) is 0 Å². The summed E-state index contributed by atoms with van der Waals surface area (Å²) >= 11 is 0. The van der Waals surface area contributed by atoms with Gasteiger partial charge in [0, 0.05) is 11.0 Å². The Bertz CT molecular complexity index is 762. The number of halogens is 2. The van der Waals surface area contributed by atoms with Crippen LogP contribution in [0.3, 0.4) is 0 Å². The van der Waals surface area contributed by atoms with E-state index >= 15 is 0 Å². The van der Waals surface area contributed by atoms with E-state index in [1.54, 1.807) is 18.2 Å². The van der Waals surface area contributed by atoms with Gasteiger partial charge in [-0.3, -0.25) is 0 Å². The Kier molecular flexibility index (Phi) is 7.07. The van der Waals surface area contributed by atoms with Crippen molar-refractivity contribution in [2.45, 2.75) is 76.4 Å². The Morgan fingerprint density at radius 3 is 2.07 bits per heavy atom. The van der Waals surface area contributed by atoms with Crippen molar-refractivity contribution in [2.24, 2.45) is 5.73 Å². The van der Waals surface area contributed by atoms with Crippen molar-refractivity contribution in [3.05, 3.63) is 70.8 Å². The number of hydrogen-bond donors (Lipinski definition) is 1. The quantitative estimate of drug-likeness (QED) is 0.561. The average molecular weight is 402 g/mol. The summed E-state index contributed by atoms with van der Waals surface area (Å²) < 4.78 is 32.7. The average Bonchev–Trinajstić information content (AvgIpc) is 2.79. The fourth-order valence-corrected chi connectivity index (χ4v) is 4.45. The Labute approximate surface area is 173 Å². The molecular formula is C25H33F2NO. The summed E-state index contributed by atoms with van der Waals surface area (Å²) in [5.41, 5.74) is 9.50. The van der Waals surface area contributed by atoms with Gasteiger partial charge in [0.15, 0.2) is 0 Å². The second-order valence-corrected chi connectivity index (χ2v) is 8.67. The third-order valence-electron chi connectivity index (χ3n) is 6.76. The lowest BCUT2D eigenvalue weighted by atomic mass is 9.64. The largest absolute Gasteiger partial charge is 0.373 e. The predicted molar refractivity (Wildman–Crippen MR) is 114 cm³/mol. The summed E-state index contributed by atoms with van der Waals surface area (Å²) in [4.78, 5) is 0. The van der Waals surface area contributed by atoms with Gasteiger partial charge in [-0.15, -0.1) is 0 Å². The lowest BCUT2D eigenvalue weighted by Crippen LogP contribution is -2.48. The van der Waals surface area contributed by atoms with Gasteiger partial charge in [0.25, 0.3) is 0 Å². The van der Waals surface area contributed by atoms with Crippen LogP contribution in [0.4, 0.5) is 8.78 Å². The van der Waals surface area contributed by atoms with Crippen LogP contribution in [0.15, 0.2) is 48.5 Å². The van der Waals surface area contributed by atoms with Crippen molar-refractivity contribution in [2.75, 3.05) is 6.61 Å². The van der Waals surface area contributed by atoms with Crippen LogP contribution in [0, 0.1) is 0 Å². The molecule has 2 aromatic rings. The van der Waals surface area contributed by atoms with E-state index in [4.69, 9.17) is 10.5 Å². The SMILES string of the molecule is CCC1(N)CCC(CO[C@H](C)c2cc(CF)cc(CF)c2)(c2ccccc2)CC1. The van der Waals surface area contributed by atoms with Gasteiger partial charge < -0.3 is 10.5 Å². The van der Waals surface area contributed by atoms with Crippen LogP contribution in [0.2, 0.25) is 0 Å². The van der Waals surface area contributed by atoms with E-state index < -0.39 is 13.3 Å². The molecule has 0 aromatic heterocycles. The number of alkyl halides is 2. The molecule has 0 heterocycles. The second kappa shape index (κ2) is 9.36. The molecule has 1 atom stereocenters. The topological polar surface area (TPSA) is 35.2 Å². The summed E-state index contributed by atoms with van der Waals surface area (Å²) in [6.07, 6.45) is 4.65. The molecule has 0 bridgehead atoms. The van der Waals surface area contributed by atoms with Crippen LogP contribution in [0.1, 0.15) is 74.3 Å². The van der Waals surface area contributed by atoms with Gasteiger partial charge in [0.1, 0.15) is 13.3 Å². The van der Waals surface area contributed by atoms with Crippen LogP contribution in [-0.4, -0.2) is 12.1 Å². The fraction of sp³-hybridized carbons (Fsp3) is 0.520. The molecule has 2 aromatic carbocycles. The molecule has 2 nitrogen and oxygen atoms in total. The highest BCUT2D eigenvalue weighted by molar-refractivity contribution is 5.31. The highest BCUT2D eigenvalue weighted by Gasteiger charge is 2.41. The van der Waals surface area contributed by atoms with E-state index in [-0.39, 0.29) is 17.1 Å². The van der Waals surface area contributed by atoms with E-state index in [0.29, 0.717) is 17.7 Å². The Morgan fingerprint density at radius 1 is 0.966 bits per heavy atom. The second-order valence-electron chi connectivity index (χ2n) is 8.67. The number of ether oxygens (including phenoxy) is 1. The zero-order chi connectivity index (χ0) is 20.9. The molecule has 1 aliphatic carbocycles. The van der Waals surface area contributed by atoms with Crippen LogP contribution in [0.25, 0.3) is 0 Å². The monoisotopic (exact) mass is 401 g/mol. The lowest BCUT2D eigenvalue weighted by Gasteiger charge is -2.45. The summed E-state index contributed by atoms with van der Waals surface area (Å²) in [5.74, 6) is 0. The molecule has 0 spiro atoms. The van der Waals surface area contributed by atoms with Gasteiger partial charge >= 0.3 is 0 Å². The Balaban J connectivity index is 1.79. The molecule has 1 aliphatic rings. The molecule has 158 valence electrons. The number of rotatable bonds is 8. The molecule has 1 saturated carbocycles. The molecule has 3 rings (SSSR count). The molecule has 0 amide bonds. The summed E-state index contributed by atoms with van der Waals surface area (Å²) in [5, 5.41) is 0. The van der Waals surface area contributed by atoms with Crippen LogP contribution in [-0.2, 0) is 23.5 Å². The van der Waals surface area contributed by atoms with Crippen molar-refractivity contribution in [1.29, 1.82) is 0 Å². The molecule has 0 radical (unpaired) electrons. The zero-order valence-corrected chi connectivity index (χ0v) is 17.6. The van der Waals surface area contributed by atoms with Gasteiger partial charge in [0.2, 0.25) is 0 Å². The number of nitrogens with two attached hydrogens (primary N) is 1. The predicted octanol–water partition coefficient (Wildman–Crippen LogP) is 6.32. The van der Waals surface area contributed by atoms with Gasteiger partial charge in [-0.25, -0.2) is 8.78 Å². The molecule has 29 heavy (non-hydrogen) atoms. The van der Waals surface area contributed by atoms with Gasteiger partial charge in [-0.1, -0.05) is 55.5 Å². The molecular weight excluding hydrogens is 368 g/mol. The molecule has 0 aliphatic heterocycles. The normalized spacial score (nSPS) is 25.7. The first-order chi connectivity index (χ1) is 13.9. The Hall–Kier alpha value is -1.78. The molecule has 0 unspecified atom stereocenters. The summed E-state index contributed by atoms with van der Waals surface area (Å²) in [6, 6.07) is 15.7. The number of hydrogen-bond acceptors (Lipinski definition) is 2. The fourth-order valence-electron chi connectivity index (χ4n) is 4.45. The van der Waals surface area contributed by atoms with Gasteiger partial charge in [0.05, 0.1) is 12.7 Å². The van der Waals surface area contributed by atoms with Gasteiger partial charge in [-0.2, -0.15) is 0 Å². The highest BCUT2D eigenvalue weighted by Crippen LogP contribution is 2.44. The first kappa shape index (κ1) is 21.9. The lowest BCUT2D eigenvalue weighted by molar-refractivity contribution is 0.00652. The maximum atomic E-state index is 13.2. The minimum Gasteiger partial charge on any atom is -0.373 e. The first-order valence-corrected chi connectivity index (χ1v) is 10.6. The smallest absolute Gasteiger partial charge is 0.115 e. The van der Waals surface area contributed by atoms with Crippen LogP contribution < -0.4 is 5.73 Å². The van der Waals surface area contributed by atoms with Crippen LogP contribution in [0.5, 0.6) is 0 Å². The van der Waals surface area contributed by atoms with E-state index in [9.17, 15) is 8.78 Å². The van der Waals surface area contributed by atoms with Crippen LogP contribution >= 0.6 is 0 Å². The van der Waals surface area contributed by atoms with E-state index in [0.717, 1.165) is 37.7 Å². The summed E-state index contributed by atoms with van der Waals surface area (Å²) in [6.45, 7) is 3.49. The number of benzene rings is 2. The Morgan fingerprint density at radius 2 is 1.55 bits per heavy atom. The van der Waals surface area contributed by atoms with E-state index in [1.165, 1.54) is 5.56 Å². The maximum Gasteiger partial charge on any atom is 0.115 e.